The van der Waals surface area contributed by atoms with Crippen molar-refractivity contribution in [1.29, 1.82) is 0 Å². The quantitative estimate of drug-likeness (QED) is 0.825. The van der Waals surface area contributed by atoms with Crippen LogP contribution in [0.5, 0.6) is 0 Å². The minimum absolute atomic E-state index is 0.139. The van der Waals surface area contributed by atoms with Crippen LogP contribution in [0.1, 0.15) is 31.2 Å². The summed E-state index contributed by atoms with van der Waals surface area (Å²) < 4.78 is 12.9. The van der Waals surface area contributed by atoms with Gasteiger partial charge < -0.3 is 5.32 Å². The van der Waals surface area contributed by atoms with Crippen LogP contribution >= 0.6 is 0 Å². The predicted molar refractivity (Wildman–Crippen MR) is 69.5 cm³/mol. The maximum atomic E-state index is 12.9. The Labute approximate surface area is 103 Å². The number of rotatable bonds is 5. The van der Waals surface area contributed by atoms with Crippen LogP contribution in [-0.4, -0.2) is 13.6 Å². The molecule has 1 aromatic rings. The molecule has 1 atom stereocenters. The van der Waals surface area contributed by atoms with Gasteiger partial charge in [0.25, 0.3) is 0 Å². The van der Waals surface area contributed by atoms with Crippen molar-refractivity contribution in [1.82, 2.24) is 5.32 Å². The predicted octanol–water partition coefficient (Wildman–Crippen LogP) is 3.39. The summed E-state index contributed by atoms with van der Waals surface area (Å²) in [6, 6.07) is 6.99. The molecule has 0 spiro atoms. The van der Waals surface area contributed by atoms with Crippen molar-refractivity contribution < 1.29 is 4.39 Å². The fourth-order valence-electron chi connectivity index (χ4n) is 3.02. The van der Waals surface area contributed by atoms with Gasteiger partial charge >= 0.3 is 0 Å². The Kier molecular flexibility index (Phi) is 4.55. The summed E-state index contributed by atoms with van der Waals surface area (Å²) in [5.74, 6) is 1.42. The second-order valence-electron chi connectivity index (χ2n) is 5.19. The van der Waals surface area contributed by atoms with Gasteiger partial charge in [-0.05, 0) is 49.5 Å². The van der Waals surface area contributed by atoms with E-state index in [1.165, 1.54) is 31.2 Å². The minimum Gasteiger partial charge on any atom is -0.319 e. The average molecular weight is 235 g/mol. The van der Waals surface area contributed by atoms with Crippen molar-refractivity contribution >= 4 is 0 Å². The molecule has 17 heavy (non-hydrogen) atoms. The maximum absolute atomic E-state index is 12.9. The summed E-state index contributed by atoms with van der Waals surface area (Å²) in [7, 11) is 2.02. The molecule has 1 saturated carbocycles. The van der Waals surface area contributed by atoms with Gasteiger partial charge in [0.05, 0.1) is 0 Å². The first-order valence-corrected chi connectivity index (χ1v) is 6.68. The van der Waals surface area contributed by atoms with E-state index in [1.807, 2.05) is 19.2 Å². The summed E-state index contributed by atoms with van der Waals surface area (Å²) in [6.45, 7) is 1.07. The molecule has 1 aliphatic rings. The highest BCUT2D eigenvalue weighted by molar-refractivity contribution is 5.17. The molecular weight excluding hydrogens is 213 g/mol. The smallest absolute Gasteiger partial charge is 0.123 e. The molecule has 94 valence electrons. The zero-order valence-corrected chi connectivity index (χ0v) is 10.6. The van der Waals surface area contributed by atoms with E-state index in [0.29, 0.717) is 5.92 Å². The van der Waals surface area contributed by atoms with Crippen molar-refractivity contribution in [2.75, 3.05) is 13.6 Å². The average Bonchev–Trinajstić information content (AvgIpc) is 2.85. The van der Waals surface area contributed by atoms with E-state index in [0.717, 1.165) is 18.9 Å². The van der Waals surface area contributed by atoms with E-state index < -0.39 is 0 Å². The second-order valence-corrected chi connectivity index (χ2v) is 5.19. The van der Waals surface area contributed by atoms with Crippen LogP contribution in [-0.2, 0) is 6.42 Å². The highest BCUT2D eigenvalue weighted by Crippen LogP contribution is 2.32. The zero-order chi connectivity index (χ0) is 12.1. The molecule has 1 fully saturated rings. The van der Waals surface area contributed by atoms with E-state index in [-0.39, 0.29) is 5.82 Å². The summed E-state index contributed by atoms with van der Waals surface area (Å²) in [4.78, 5) is 0. The zero-order valence-electron chi connectivity index (χ0n) is 10.6. The second kappa shape index (κ2) is 6.15. The normalized spacial score (nSPS) is 18.5. The van der Waals surface area contributed by atoms with E-state index in [2.05, 4.69) is 5.32 Å². The molecule has 0 bridgehead atoms. The molecule has 0 heterocycles. The Hall–Kier alpha value is -0.890. The number of benzene rings is 1. The Morgan fingerprint density at radius 1 is 1.24 bits per heavy atom. The molecule has 0 aliphatic heterocycles. The number of halogens is 1. The van der Waals surface area contributed by atoms with Gasteiger partial charge in [-0.1, -0.05) is 37.8 Å². The van der Waals surface area contributed by atoms with E-state index in [1.54, 1.807) is 12.1 Å². The number of nitrogens with one attached hydrogen (secondary N) is 1. The molecule has 0 radical (unpaired) electrons. The molecule has 0 amide bonds. The van der Waals surface area contributed by atoms with E-state index in [9.17, 15) is 4.39 Å². The largest absolute Gasteiger partial charge is 0.319 e. The van der Waals surface area contributed by atoms with Gasteiger partial charge in [0.1, 0.15) is 5.82 Å². The molecule has 1 aliphatic carbocycles. The maximum Gasteiger partial charge on any atom is 0.123 e. The molecule has 1 N–H and O–H groups in total. The van der Waals surface area contributed by atoms with Gasteiger partial charge in [-0.15, -0.1) is 0 Å². The fraction of sp³-hybridized carbons (Fsp3) is 0.600. The van der Waals surface area contributed by atoms with Gasteiger partial charge in [0.15, 0.2) is 0 Å². The third kappa shape index (κ3) is 3.53. The van der Waals surface area contributed by atoms with Crippen molar-refractivity contribution in [3.8, 4) is 0 Å². The van der Waals surface area contributed by atoms with Gasteiger partial charge in [0.2, 0.25) is 0 Å². The molecule has 0 saturated heterocycles. The number of hydrogen-bond donors (Lipinski definition) is 1. The Bertz CT molecular complexity index is 327. The third-order valence-corrected chi connectivity index (χ3v) is 3.94. The topological polar surface area (TPSA) is 12.0 Å². The highest BCUT2D eigenvalue weighted by Gasteiger charge is 2.24. The van der Waals surface area contributed by atoms with Crippen LogP contribution < -0.4 is 5.32 Å². The van der Waals surface area contributed by atoms with Gasteiger partial charge in [-0.3, -0.25) is 0 Å². The van der Waals surface area contributed by atoms with Crippen LogP contribution in [0.4, 0.5) is 4.39 Å². The summed E-state index contributed by atoms with van der Waals surface area (Å²) >= 11 is 0. The molecule has 0 aromatic heterocycles. The van der Waals surface area contributed by atoms with Crippen LogP contribution in [0.25, 0.3) is 0 Å². The first-order valence-electron chi connectivity index (χ1n) is 6.68. The lowest BCUT2D eigenvalue weighted by atomic mass is 9.85. The molecular formula is C15H22FN. The van der Waals surface area contributed by atoms with Crippen molar-refractivity contribution in [3.63, 3.8) is 0 Å². The standard InChI is InChI=1S/C15H22FN/c1-17-11-14(13-4-2-3-5-13)10-12-6-8-15(16)9-7-12/h6-9,13-14,17H,2-5,10-11H2,1H3. The van der Waals surface area contributed by atoms with E-state index in [4.69, 9.17) is 0 Å². The molecule has 2 rings (SSSR count). The molecule has 1 unspecified atom stereocenters. The Morgan fingerprint density at radius 3 is 2.47 bits per heavy atom. The van der Waals surface area contributed by atoms with Gasteiger partial charge in [-0.25, -0.2) is 4.39 Å². The van der Waals surface area contributed by atoms with Crippen molar-refractivity contribution in [2.24, 2.45) is 11.8 Å². The first kappa shape index (κ1) is 12.6. The minimum atomic E-state index is -0.139. The van der Waals surface area contributed by atoms with Crippen LogP contribution in [0.3, 0.4) is 0 Å². The lowest BCUT2D eigenvalue weighted by molar-refractivity contribution is 0.328. The molecule has 2 heteroatoms. The van der Waals surface area contributed by atoms with Gasteiger partial charge in [0, 0.05) is 0 Å². The van der Waals surface area contributed by atoms with Crippen LogP contribution in [0.15, 0.2) is 24.3 Å². The molecule has 1 aromatic carbocycles. The summed E-state index contributed by atoms with van der Waals surface area (Å²) in [5.41, 5.74) is 1.26. The third-order valence-electron chi connectivity index (χ3n) is 3.94. The van der Waals surface area contributed by atoms with Crippen LogP contribution in [0.2, 0.25) is 0 Å². The fourth-order valence-corrected chi connectivity index (χ4v) is 3.02. The first-order chi connectivity index (χ1) is 8.29. The van der Waals surface area contributed by atoms with Crippen LogP contribution in [0, 0.1) is 17.7 Å². The Morgan fingerprint density at radius 2 is 1.88 bits per heavy atom. The highest BCUT2D eigenvalue weighted by atomic mass is 19.1. The lowest BCUT2D eigenvalue weighted by Gasteiger charge is -2.23. The van der Waals surface area contributed by atoms with Crippen molar-refractivity contribution in [3.05, 3.63) is 35.6 Å². The monoisotopic (exact) mass is 235 g/mol. The van der Waals surface area contributed by atoms with Gasteiger partial charge in [-0.2, -0.15) is 0 Å². The summed E-state index contributed by atoms with van der Waals surface area (Å²) in [6.07, 6.45) is 6.58. The van der Waals surface area contributed by atoms with Crippen molar-refractivity contribution in [2.45, 2.75) is 32.1 Å². The summed E-state index contributed by atoms with van der Waals surface area (Å²) in [5, 5.41) is 3.30. The SMILES string of the molecule is CNCC(Cc1ccc(F)cc1)C1CCCC1. The van der Waals surface area contributed by atoms with E-state index >= 15 is 0 Å². The number of hydrogen-bond acceptors (Lipinski definition) is 1. The lowest BCUT2D eigenvalue weighted by Crippen LogP contribution is -2.26. The Balaban J connectivity index is 1.98. The molecule has 1 nitrogen and oxygen atoms in total.